The minimum Gasteiger partial charge on any atom is -0.368 e. The lowest BCUT2D eigenvalue weighted by molar-refractivity contribution is 0.0747. The Labute approximate surface area is 186 Å². The van der Waals surface area contributed by atoms with Crippen LogP contribution in [0.3, 0.4) is 0 Å². The molecular weight excluding hydrogens is 412 g/mol. The molecule has 160 valence electrons. The Hall–Kier alpha value is -2.86. The zero-order valence-electron chi connectivity index (χ0n) is 17.6. The number of amides is 1. The highest BCUT2D eigenvalue weighted by molar-refractivity contribution is 6.30. The monoisotopic (exact) mass is 436 g/mol. The second kappa shape index (κ2) is 8.00. The second-order valence-corrected chi connectivity index (χ2v) is 8.82. The van der Waals surface area contributed by atoms with Crippen molar-refractivity contribution in [3.05, 3.63) is 68.7 Å². The van der Waals surface area contributed by atoms with Gasteiger partial charge >= 0.3 is 0 Å². The van der Waals surface area contributed by atoms with Gasteiger partial charge in [-0.15, -0.1) is 0 Å². The largest absolute Gasteiger partial charge is 0.368 e. The van der Waals surface area contributed by atoms with Crippen LogP contribution < -0.4 is 10.5 Å². The Morgan fingerprint density at radius 2 is 1.81 bits per heavy atom. The molecule has 1 fully saturated rings. The summed E-state index contributed by atoms with van der Waals surface area (Å²) in [5.74, 6) is 0.822. The first-order chi connectivity index (χ1) is 15.0. The van der Waals surface area contributed by atoms with Crippen molar-refractivity contribution in [1.29, 1.82) is 0 Å². The maximum atomic E-state index is 13.2. The van der Waals surface area contributed by atoms with E-state index in [1.54, 1.807) is 22.8 Å². The lowest BCUT2D eigenvalue weighted by atomic mass is 10.1. The first-order valence-corrected chi connectivity index (χ1v) is 11.2. The van der Waals surface area contributed by atoms with E-state index in [4.69, 9.17) is 16.6 Å². The maximum Gasteiger partial charge on any atom is 0.261 e. The fourth-order valence-electron chi connectivity index (χ4n) is 4.63. The van der Waals surface area contributed by atoms with Crippen LogP contribution in [0.5, 0.6) is 0 Å². The highest BCUT2D eigenvalue weighted by Gasteiger charge is 2.24. The van der Waals surface area contributed by atoms with Crippen LogP contribution in [-0.2, 0) is 13.0 Å². The van der Waals surface area contributed by atoms with Gasteiger partial charge in [-0.25, -0.2) is 4.98 Å². The molecule has 0 atom stereocenters. The molecule has 6 nitrogen and oxygen atoms in total. The average molecular weight is 437 g/mol. The molecule has 3 heterocycles. The predicted molar refractivity (Wildman–Crippen MR) is 123 cm³/mol. The number of aromatic nitrogens is 2. The molecule has 1 saturated heterocycles. The van der Waals surface area contributed by atoms with Gasteiger partial charge in [0.1, 0.15) is 5.82 Å². The van der Waals surface area contributed by atoms with E-state index in [1.807, 2.05) is 23.1 Å². The Morgan fingerprint density at radius 3 is 2.61 bits per heavy atom. The van der Waals surface area contributed by atoms with Crippen LogP contribution in [0.4, 0.5) is 5.69 Å². The zero-order valence-corrected chi connectivity index (χ0v) is 18.4. The second-order valence-electron chi connectivity index (χ2n) is 8.38. The van der Waals surface area contributed by atoms with Crippen molar-refractivity contribution < 1.29 is 4.79 Å². The van der Waals surface area contributed by atoms with Crippen LogP contribution in [0, 0.1) is 6.92 Å². The zero-order chi connectivity index (χ0) is 21.5. The topological polar surface area (TPSA) is 58.4 Å². The van der Waals surface area contributed by atoms with Gasteiger partial charge in [-0.1, -0.05) is 17.7 Å². The number of rotatable bonds is 2. The van der Waals surface area contributed by atoms with Crippen molar-refractivity contribution in [2.24, 2.45) is 0 Å². The van der Waals surface area contributed by atoms with E-state index < -0.39 is 0 Å². The summed E-state index contributed by atoms with van der Waals surface area (Å²) in [6.07, 6.45) is 2.87. The first-order valence-electron chi connectivity index (χ1n) is 10.8. The standard InChI is InChI=1S/C24H25ClN4O2/c1-16-5-7-18(25)15-21(16)27-10-12-28(13-11-27)23(30)17-6-8-19-20(14-17)26-22-4-2-3-9-29(22)24(19)31/h5-8,14-15H,2-4,9-13H2,1H3. The number of hydrogen-bond acceptors (Lipinski definition) is 4. The Balaban J connectivity index is 1.36. The minimum absolute atomic E-state index is 0.00389. The van der Waals surface area contributed by atoms with Gasteiger partial charge in [0.25, 0.3) is 11.5 Å². The smallest absolute Gasteiger partial charge is 0.261 e. The van der Waals surface area contributed by atoms with E-state index in [2.05, 4.69) is 11.8 Å². The van der Waals surface area contributed by atoms with E-state index in [0.29, 0.717) is 29.6 Å². The molecule has 0 unspecified atom stereocenters. The summed E-state index contributed by atoms with van der Waals surface area (Å²) in [5, 5.41) is 1.31. The number of aryl methyl sites for hydroxylation is 2. The van der Waals surface area contributed by atoms with Crippen molar-refractivity contribution in [1.82, 2.24) is 14.5 Å². The molecule has 0 saturated carbocycles. The number of fused-ring (bicyclic) bond motifs is 2. The summed E-state index contributed by atoms with van der Waals surface area (Å²) in [5.41, 5.74) is 3.52. The third-order valence-corrected chi connectivity index (χ3v) is 6.63. The van der Waals surface area contributed by atoms with Crippen molar-refractivity contribution >= 4 is 34.1 Å². The third-order valence-electron chi connectivity index (χ3n) is 6.39. The molecule has 1 amide bonds. The van der Waals surface area contributed by atoms with Crippen LogP contribution >= 0.6 is 11.6 Å². The van der Waals surface area contributed by atoms with Gasteiger partial charge < -0.3 is 9.80 Å². The van der Waals surface area contributed by atoms with Gasteiger partial charge in [0.05, 0.1) is 10.9 Å². The lowest BCUT2D eigenvalue weighted by Gasteiger charge is -2.37. The number of carbonyl (C=O) groups is 1. The number of nitrogens with zero attached hydrogens (tertiary/aromatic N) is 4. The van der Waals surface area contributed by atoms with Crippen molar-refractivity contribution in [3.63, 3.8) is 0 Å². The Bertz CT molecular complexity index is 1230. The molecule has 7 heteroatoms. The molecule has 2 aromatic carbocycles. The first kappa shape index (κ1) is 20.1. The molecular formula is C24H25ClN4O2. The predicted octanol–water partition coefficient (Wildman–Crippen LogP) is 3.66. The SMILES string of the molecule is Cc1ccc(Cl)cc1N1CCN(C(=O)c2ccc3c(=O)n4c(nc3c2)CCCC4)CC1. The molecule has 1 aromatic heterocycles. The van der Waals surface area contributed by atoms with Gasteiger partial charge in [-0.05, 0) is 55.7 Å². The third kappa shape index (κ3) is 3.69. The summed E-state index contributed by atoms with van der Waals surface area (Å²) in [4.78, 5) is 34.8. The van der Waals surface area contributed by atoms with Crippen molar-refractivity contribution in [2.45, 2.75) is 32.7 Å². The van der Waals surface area contributed by atoms with Crippen LogP contribution in [0.25, 0.3) is 10.9 Å². The quantitative estimate of drug-likeness (QED) is 0.615. The maximum absolute atomic E-state index is 13.2. The van der Waals surface area contributed by atoms with Gasteiger partial charge in [0.15, 0.2) is 0 Å². The number of carbonyl (C=O) groups excluding carboxylic acids is 1. The van der Waals surface area contributed by atoms with E-state index in [0.717, 1.165) is 55.4 Å². The van der Waals surface area contributed by atoms with Gasteiger partial charge in [0.2, 0.25) is 0 Å². The molecule has 0 spiro atoms. The normalized spacial score (nSPS) is 16.5. The molecule has 31 heavy (non-hydrogen) atoms. The fourth-order valence-corrected chi connectivity index (χ4v) is 4.80. The highest BCUT2D eigenvalue weighted by Crippen LogP contribution is 2.26. The van der Waals surface area contributed by atoms with E-state index in [1.165, 1.54) is 5.56 Å². The lowest BCUT2D eigenvalue weighted by Crippen LogP contribution is -2.49. The highest BCUT2D eigenvalue weighted by atomic mass is 35.5. The number of benzene rings is 2. The van der Waals surface area contributed by atoms with Gasteiger partial charge in [0, 0.05) is 55.4 Å². The molecule has 0 bridgehead atoms. The summed E-state index contributed by atoms with van der Waals surface area (Å²) >= 11 is 6.18. The van der Waals surface area contributed by atoms with Crippen molar-refractivity contribution in [2.75, 3.05) is 31.1 Å². The van der Waals surface area contributed by atoms with E-state index >= 15 is 0 Å². The van der Waals surface area contributed by atoms with Crippen LogP contribution in [0.15, 0.2) is 41.2 Å². The van der Waals surface area contributed by atoms with Gasteiger partial charge in [-0.3, -0.25) is 14.2 Å². The Kier molecular flexibility index (Phi) is 5.18. The number of hydrogen-bond donors (Lipinski definition) is 0. The fraction of sp³-hybridized carbons (Fsp3) is 0.375. The van der Waals surface area contributed by atoms with Crippen LogP contribution in [0.2, 0.25) is 5.02 Å². The summed E-state index contributed by atoms with van der Waals surface area (Å²) in [6, 6.07) is 11.2. The van der Waals surface area contributed by atoms with E-state index in [9.17, 15) is 9.59 Å². The molecule has 3 aromatic rings. The molecule has 2 aliphatic heterocycles. The van der Waals surface area contributed by atoms with E-state index in [-0.39, 0.29) is 11.5 Å². The molecule has 0 radical (unpaired) electrons. The Morgan fingerprint density at radius 1 is 1.00 bits per heavy atom. The van der Waals surface area contributed by atoms with Gasteiger partial charge in [-0.2, -0.15) is 0 Å². The van der Waals surface area contributed by atoms with Crippen molar-refractivity contribution in [3.8, 4) is 0 Å². The van der Waals surface area contributed by atoms with Crippen LogP contribution in [0.1, 0.15) is 34.6 Å². The average Bonchev–Trinajstić information content (AvgIpc) is 2.80. The minimum atomic E-state index is -0.0102. The number of anilines is 1. The molecule has 5 rings (SSSR count). The molecule has 0 aliphatic carbocycles. The summed E-state index contributed by atoms with van der Waals surface area (Å²) < 4.78 is 1.78. The molecule has 2 aliphatic rings. The molecule has 0 N–H and O–H groups in total. The summed E-state index contributed by atoms with van der Waals surface area (Å²) in [6.45, 7) is 5.61. The number of halogens is 1. The summed E-state index contributed by atoms with van der Waals surface area (Å²) in [7, 11) is 0. The number of piperazine rings is 1. The van der Waals surface area contributed by atoms with Crippen LogP contribution in [-0.4, -0.2) is 46.5 Å².